The number of aryl methyl sites for hydroxylation is 1. The number of halogens is 3. The van der Waals surface area contributed by atoms with E-state index in [0.717, 1.165) is 42.8 Å². The molecule has 168 valence electrons. The number of aromatic nitrogens is 2. The van der Waals surface area contributed by atoms with Crippen molar-refractivity contribution in [2.24, 2.45) is 0 Å². The van der Waals surface area contributed by atoms with E-state index < -0.39 is 22.2 Å². The molecule has 0 bridgehead atoms. The summed E-state index contributed by atoms with van der Waals surface area (Å²) in [5.41, 5.74) is 3.36. The maximum atomic E-state index is 12.8. The van der Waals surface area contributed by atoms with E-state index in [4.69, 9.17) is 0 Å². The van der Waals surface area contributed by atoms with Crippen LogP contribution in [0.5, 0.6) is 0 Å². The van der Waals surface area contributed by atoms with Gasteiger partial charge in [0, 0.05) is 17.1 Å². The predicted molar refractivity (Wildman–Crippen MR) is 113 cm³/mol. The first-order valence-corrected chi connectivity index (χ1v) is 11.6. The number of hydrogen-bond acceptors (Lipinski definition) is 4. The van der Waals surface area contributed by atoms with Crippen molar-refractivity contribution in [2.45, 2.75) is 56.3 Å². The van der Waals surface area contributed by atoms with E-state index in [0.29, 0.717) is 16.8 Å². The Bertz CT molecular complexity index is 1320. The molecule has 10 heteroatoms. The van der Waals surface area contributed by atoms with E-state index >= 15 is 0 Å². The second-order valence-corrected chi connectivity index (χ2v) is 9.76. The molecule has 2 aromatic heterocycles. The van der Waals surface area contributed by atoms with Crippen LogP contribution in [0.25, 0.3) is 22.2 Å². The summed E-state index contributed by atoms with van der Waals surface area (Å²) >= 11 is 0. The van der Waals surface area contributed by atoms with Gasteiger partial charge in [-0.2, -0.15) is 23.2 Å². The van der Waals surface area contributed by atoms with Gasteiger partial charge in [0.25, 0.3) is 0 Å². The van der Waals surface area contributed by atoms with Gasteiger partial charge in [-0.05, 0) is 56.9 Å². The molecule has 1 saturated carbocycles. The van der Waals surface area contributed by atoms with Gasteiger partial charge in [0.1, 0.15) is 12.1 Å². The molecule has 1 aliphatic rings. The van der Waals surface area contributed by atoms with Crippen LogP contribution in [-0.4, -0.2) is 30.2 Å². The first-order valence-electron chi connectivity index (χ1n) is 10.1. The number of pyridine rings is 1. The van der Waals surface area contributed by atoms with Crippen molar-refractivity contribution in [2.75, 3.05) is 0 Å². The molecule has 0 amide bonds. The van der Waals surface area contributed by atoms with E-state index in [2.05, 4.69) is 15.6 Å². The number of hydrogen-bond donors (Lipinski definition) is 1. The average Bonchev–Trinajstić information content (AvgIpc) is 2.99. The first kappa shape index (κ1) is 22.3. The molecule has 3 aromatic rings. The molecule has 6 nitrogen and oxygen atoms in total. The highest BCUT2D eigenvalue weighted by Gasteiger charge is 2.39. The van der Waals surface area contributed by atoms with Gasteiger partial charge in [0.05, 0.1) is 27.9 Å². The number of nitrogens with one attached hydrogen (secondary N) is 1. The van der Waals surface area contributed by atoms with Gasteiger partial charge in [-0.3, -0.25) is 4.98 Å². The van der Waals surface area contributed by atoms with Crippen LogP contribution in [0.15, 0.2) is 41.4 Å². The Kier molecular flexibility index (Phi) is 5.51. The highest BCUT2D eigenvalue weighted by molar-refractivity contribution is 7.89. The van der Waals surface area contributed by atoms with Crippen molar-refractivity contribution in [3.05, 3.63) is 47.8 Å². The third-order valence-corrected chi connectivity index (χ3v) is 7.40. The first-order chi connectivity index (χ1) is 15.0. The smallest absolute Gasteiger partial charge is 0.335 e. The van der Waals surface area contributed by atoms with Crippen molar-refractivity contribution >= 4 is 20.9 Å². The van der Waals surface area contributed by atoms with Crippen molar-refractivity contribution in [1.82, 2.24) is 14.3 Å². The second-order valence-electron chi connectivity index (χ2n) is 8.04. The standard InChI is InChI=1S/C22H21F3N4O2S/c1-13-10-18-19(11-26)21(29(16-4-3-5-16)20(18)12-27-13)15-6-8-17(9-7-15)32(30,31)28-14(2)22(23,24)25/h6-10,12,14,16,28H,3-5H2,1-2H3/t14-/m0/s1. The molecule has 0 spiro atoms. The molecule has 4 rings (SSSR count). The Labute approximate surface area is 183 Å². The summed E-state index contributed by atoms with van der Waals surface area (Å²) in [5, 5.41) is 10.7. The number of alkyl halides is 3. The normalized spacial score (nSPS) is 16.0. The van der Waals surface area contributed by atoms with Crippen LogP contribution >= 0.6 is 0 Å². The van der Waals surface area contributed by atoms with E-state index in [1.807, 2.05) is 13.0 Å². The molecule has 2 heterocycles. The zero-order valence-electron chi connectivity index (χ0n) is 17.4. The molecule has 1 atom stereocenters. The number of rotatable bonds is 5. The second kappa shape index (κ2) is 7.90. The van der Waals surface area contributed by atoms with Crippen LogP contribution in [0.2, 0.25) is 0 Å². The van der Waals surface area contributed by atoms with Crippen LogP contribution in [0.1, 0.15) is 43.5 Å². The lowest BCUT2D eigenvalue weighted by molar-refractivity contribution is -0.147. The van der Waals surface area contributed by atoms with Crippen LogP contribution < -0.4 is 4.72 Å². The number of fused-ring (bicyclic) bond motifs is 1. The molecule has 0 saturated heterocycles. The quantitative estimate of drug-likeness (QED) is 0.588. The fraction of sp³-hybridized carbons (Fsp3) is 0.364. The molecule has 1 fully saturated rings. The summed E-state index contributed by atoms with van der Waals surface area (Å²) < 4.78 is 66.9. The largest absolute Gasteiger partial charge is 0.404 e. The minimum Gasteiger partial charge on any atom is -0.335 e. The molecule has 0 unspecified atom stereocenters. The van der Waals surface area contributed by atoms with E-state index in [9.17, 15) is 26.9 Å². The van der Waals surface area contributed by atoms with Crippen molar-refractivity contribution in [3.63, 3.8) is 0 Å². The summed E-state index contributed by atoms with van der Waals surface area (Å²) in [6.45, 7) is 2.59. The number of benzene rings is 1. The Hall–Kier alpha value is -2.90. The fourth-order valence-electron chi connectivity index (χ4n) is 3.89. The highest BCUT2D eigenvalue weighted by atomic mass is 32.2. The minimum atomic E-state index is -4.69. The van der Waals surface area contributed by atoms with E-state index in [1.165, 1.54) is 24.3 Å². The van der Waals surface area contributed by atoms with Gasteiger partial charge in [-0.1, -0.05) is 12.1 Å². The third kappa shape index (κ3) is 3.87. The van der Waals surface area contributed by atoms with Gasteiger partial charge >= 0.3 is 6.18 Å². The van der Waals surface area contributed by atoms with Crippen LogP contribution in [-0.2, 0) is 10.0 Å². The number of nitrogens with zero attached hydrogens (tertiary/aromatic N) is 3. The van der Waals surface area contributed by atoms with Crippen molar-refractivity contribution in [3.8, 4) is 17.3 Å². The van der Waals surface area contributed by atoms with Gasteiger partial charge in [-0.15, -0.1) is 0 Å². The Balaban J connectivity index is 1.80. The summed E-state index contributed by atoms with van der Waals surface area (Å²) in [7, 11) is -4.36. The molecular weight excluding hydrogens is 441 g/mol. The zero-order valence-corrected chi connectivity index (χ0v) is 18.3. The van der Waals surface area contributed by atoms with Gasteiger partial charge in [0.2, 0.25) is 10.0 Å². The molecular formula is C22H21F3N4O2S. The Morgan fingerprint density at radius 2 is 1.91 bits per heavy atom. The lowest BCUT2D eigenvalue weighted by Gasteiger charge is -2.30. The molecule has 1 N–H and O–H groups in total. The van der Waals surface area contributed by atoms with Gasteiger partial charge in [-0.25, -0.2) is 8.42 Å². The minimum absolute atomic E-state index is 0.205. The summed E-state index contributed by atoms with van der Waals surface area (Å²) in [4.78, 5) is 4.10. The lowest BCUT2D eigenvalue weighted by atomic mass is 9.92. The number of sulfonamides is 1. The topological polar surface area (TPSA) is 87.8 Å². The fourth-order valence-corrected chi connectivity index (χ4v) is 5.12. The van der Waals surface area contributed by atoms with E-state index in [1.54, 1.807) is 10.9 Å². The third-order valence-electron chi connectivity index (χ3n) is 5.84. The van der Waals surface area contributed by atoms with E-state index in [-0.39, 0.29) is 10.9 Å². The lowest BCUT2D eigenvalue weighted by Crippen LogP contribution is -2.42. The maximum absolute atomic E-state index is 12.8. The SMILES string of the molecule is Cc1cc2c(C#N)c(-c3ccc(S(=O)(=O)N[C@@H](C)C(F)(F)F)cc3)n(C3CCC3)c2cn1. The number of nitriles is 1. The van der Waals surface area contributed by atoms with Crippen LogP contribution in [0.3, 0.4) is 0 Å². The molecule has 0 radical (unpaired) electrons. The molecule has 1 aromatic carbocycles. The summed E-state index contributed by atoms with van der Waals surface area (Å²) in [6.07, 6.45) is 0.0485. The van der Waals surface area contributed by atoms with Crippen LogP contribution in [0.4, 0.5) is 13.2 Å². The molecule has 1 aliphatic carbocycles. The maximum Gasteiger partial charge on any atom is 0.404 e. The Morgan fingerprint density at radius 3 is 2.44 bits per heavy atom. The predicted octanol–water partition coefficient (Wildman–Crippen LogP) is 4.84. The van der Waals surface area contributed by atoms with Gasteiger partial charge in [0.15, 0.2) is 0 Å². The van der Waals surface area contributed by atoms with Crippen molar-refractivity contribution in [1.29, 1.82) is 5.26 Å². The van der Waals surface area contributed by atoms with Crippen LogP contribution in [0, 0.1) is 18.3 Å². The summed E-state index contributed by atoms with van der Waals surface area (Å²) in [6, 6.07) is 7.68. The molecule has 32 heavy (non-hydrogen) atoms. The monoisotopic (exact) mass is 462 g/mol. The van der Waals surface area contributed by atoms with Gasteiger partial charge < -0.3 is 4.57 Å². The Morgan fingerprint density at radius 1 is 1.25 bits per heavy atom. The van der Waals surface area contributed by atoms with Crippen molar-refractivity contribution < 1.29 is 21.6 Å². The summed E-state index contributed by atoms with van der Waals surface area (Å²) in [5.74, 6) is 0. The zero-order chi connectivity index (χ0) is 23.3. The molecule has 0 aliphatic heterocycles. The average molecular weight is 462 g/mol. The highest BCUT2D eigenvalue weighted by Crippen LogP contribution is 2.42.